The molecule has 0 saturated carbocycles. The number of aliphatic hydroxyl groups is 1. The van der Waals surface area contributed by atoms with Crippen LogP contribution in [-0.4, -0.2) is 38.3 Å². The monoisotopic (exact) mass is 516 g/mol. The molecule has 3 rings (SSSR count). The second-order valence-electron chi connectivity index (χ2n) is 10.7. The van der Waals surface area contributed by atoms with Crippen molar-refractivity contribution in [1.29, 1.82) is 0 Å². The van der Waals surface area contributed by atoms with Gasteiger partial charge in [-0.05, 0) is 41.4 Å². The number of hydrogen-bond acceptors (Lipinski definition) is 4. The van der Waals surface area contributed by atoms with E-state index in [0.29, 0.717) is 19.8 Å². The maximum Gasteiger partial charge on any atom is 0.192 e. The minimum absolute atomic E-state index is 0.0447. The molecule has 37 heavy (non-hydrogen) atoms. The molecule has 0 heterocycles. The smallest absolute Gasteiger partial charge is 0.192 e. The molecule has 0 spiro atoms. The lowest BCUT2D eigenvalue weighted by molar-refractivity contribution is -0.131. The summed E-state index contributed by atoms with van der Waals surface area (Å²) in [6.07, 6.45) is -2.28. The van der Waals surface area contributed by atoms with Gasteiger partial charge in [0.05, 0.1) is 19.8 Å². The first-order valence-corrected chi connectivity index (χ1v) is 15.8. The summed E-state index contributed by atoms with van der Waals surface area (Å²) in [5, 5.41) is 11.3. The lowest BCUT2D eigenvalue weighted by atomic mass is 10.1. The van der Waals surface area contributed by atoms with Crippen LogP contribution in [0.3, 0.4) is 0 Å². The Morgan fingerprint density at radius 2 is 1.24 bits per heavy atom. The van der Waals surface area contributed by atoms with E-state index in [0.717, 1.165) is 16.7 Å². The molecule has 3 aromatic rings. The fourth-order valence-electron chi connectivity index (χ4n) is 3.45. The summed E-state index contributed by atoms with van der Waals surface area (Å²) >= 11 is 0. The number of ether oxygens (including phenoxy) is 2. The molecular weight excluding hydrogens is 476 g/mol. The molecule has 0 saturated heterocycles. The van der Waals surface area contributed by atoms with E-state index in [-0.39, 0.29) is 5.04 Å². The molecule has 1 unspecified atom stereocenters. The lowest BCUT2D eigenvalue weighted by Crippen LogP contribution is -2.48. The third-order valence-electron chi connectivity index (χ3n) is 6.82. The van der Waals surface area contributed by atoms with Crippen LogP contribution in [0.25, 0.3) is 0 Å². The number of rotatable bonds is 11. The highest BCUT2D eigenvalue weighted by Crippen LogP contribution is 2.37. The van der Waals surface area contributed by atoms with E-state index in [4.69, 9.17) is 13.9 Å². The molecule has 0 aliphatic carbocycles. The molecule has 0 amide bonds. The van der Waals surface area contributed by atoms with Crippen molar-refractivity contribution in [3.63, 3.8) is 0 Å². The summed E-state index contributed by atoms with van der Waals surface area (Å²) < 4.78 is 19.3. The fourth-order valence-corrected chi connectivity index (χ4v) is 4.47. The molecular formula is C32H40O4Si. The van der Waals surface area contributed by atoms with Crippen LogP contribution in [-0.2, 0) is 27.1 Å². The van der Waals surface area contributed by atoms with Crippen molar-refractivity contribution in [2.24, 2.45) is 0 Å². The molecule has 0 radical (unpaired) electrons. The first kappa shape index (κ1) is 28.8. The van der Waals surface area contributed by atoms with Gasteiger partial charge in [-0.2, -0.15) is 0 Å². The van der Waals surface area contributed by atoms with Gasteiger partial charge in [0.15, 0.2) is 8.32 Å². The zero-order chi connectivity index (χ0) is 26.7. The van der Waals surface area contributed by atoms with Gasteiger partial charge in [-0.3, -0.25) is 0 Å². The first-order valence-electron chi connectivity index (χ1n) is 12.9. The van der Waals surface area contributed by atoms with E-state index in [1.165, 1.54) is 0 Å². The number of benzene rings is 3. The standard InChI is InChI=1S/C32H40O4Si/c1-32(2,3)37(4,5)36-25-30(34-23-27-17-11-7-12-18-27)31(35-24-28-19-13-8-14-20-28)29(33)22-21-26-15-9-6-10-16-26/h6-20,29-31,33H,23-25H2,1-5H3/t29?,30-,31-/m1/s1. The van der Waals surface area contributed by atoms with Gasteiger partial charge < -0.3 is 19.0 Å². The minimum atomic E-state index is -2.07. The molecule has 0 aliphatic rings. The summed E-state index contributed by atoms with van der Waals surface area (Å²) in [7, 11) is -2.07. The molecule has 3 aromatic carbocycles. The average Bonchev–Trinajstić information content (AvgIpc) is 2.89. The summed E-state index contributed by atoms with van der Waals surface area (Å²) in [5.74, 6) is 6.08. The second-order valence-corrected chi connectivity index (χ2v) is 15.6. The van der Waals surface area contributed by atoms with Gasteiger partial charge in [0.1, 0.15) is 18.3 Å². The molecule has 0 aliphatic heterocycles. The van der Waals surface area contributed by atoms with Crippen molar-refractivity contribution >= 4 is 8.32 Å². The molecule has 0 fully saturated rings. The zero-order valence-corrected chi connectivity index (χ0v) is 23.7. The number of hydrogen-bond donors (Lipinski definition) is 1. The third kappa shape index (κ3) is 9.26. The Hall–Kier alpha value is -2.72. The molecule has 196 valence electrons. The Morgan fingerprint density at radius 1 is 0.757 bits per heavy atom. The van der Waals surface area contributed by atoms with E-state index in [2.05, 4.69) is 45.7 Å². The second kappa shape index (κ2) is 13.7. The van der Waals surface area contributed by atoms with Crippen molar-refractivity contribution in [1.82, 2.24) is 0 Å². The van der Waals surface area contributed by atoms with Gasteiger partial charge in [-0.1, -0.05) is 111 Å². The third-order valence-corrected chi connectivity index (χ3v) is 11.3. The Morgan fingerprint density at radius 3 is 1.76 bits per heavy atom. The maximum atomic E-state index is 11.3. The van der Waals surface area contributed by atoms with Crippen LogP contribution in [0, 0.1) is 11.8 Å². The largest absolute Gasteiger partial charge is 0.414 e. The highest BCUT2D eigenvalue weighted by Gasteiger charge is 2.39. The Bertz CT molecular complexity index is 1120. The van der Waals surface area contributed by atoms with Gasteiger partial charge >= 0.3 is 0 Å². The van der Waals surface area contributed by atoms with Gasteiger partial charge in [0, 0.05) is 5.56 Å². The Kier molecular flexibility index (Phi) is 10.7. The van der Waals surface area contributed by atoms with Crippen molar-refractivity contribution in [3.8, 4) is 11.8 Å². The van der Waals surface area contributed by atoms with Crippen LogP contribution in [0.4, 0.5) is 0 Å². The van der Waals surface area contributed by atoms with Crippen LogP contribution in [0.1, 0.15) is 37.5 Å². The maximum absolute atomic E-state index is 11.3. The van der Waals surface area contributed by atoms with Crippen molar-refractivity contribution in [2.75, 3.05) is 6.61 Å². The van der Waals surface area contributed by atoms with Crippen LogP contribution in [0.2, 0.25) is 18.1 Å². The summed E-state index contributed by atoms with van der Waals surface area (Å²) in [6.45, 7) is 12.1. The highest BCUT2D eigenvalue weighted by atomic mass is 28.4. The predicted molar refractivity (Wildman–Crippen MR) is 153 cm³/mol. The van der Waals surface area contributed by atoms with E-state index < -0.39 is 26.6 Å². The normalized spacial score (nSPS) is 14.3. The van der Waals surface area contributed by atoms with Crippen LogP contribution >= 0.6 is 0 Å². The quantitative estimate of drug-likeness (QED) is 0.231. The zero-order valence-electron chi connectivity index (χ0n) is 22.7. The summed E-state index contributed by atoms with van der Waals surface area (Å²) in [4.78, 5) is 0. The molecule has 1 N–H and O–H groups in total. The van der Waals surface area contributed by atoms with E-state index in [1.807, 2.05) is 91.0 Å². The SMILES string of the molecule is CC(C)(C)[Si](C)(C)OC[C@@H](OCc1ccccc1)[C@H](OCc1ccccc1)C(O)C#Cc1ccccc1. The van der Waals surface area contributed by atoms with Crippen molar-refractivity contribution in [3.05, 3.63) is 108 Å². The predicted octanol–water partition coefficient (Wildman–Crippen LogP) is 6.59. The molecule has 5 heteroatoms. The van der Waals surface area contributed by atoms with Crippen molar-refractivity contribution in [2.45, 2.75) is 70.4 Å². The first-order chi connectivity index (χ1) is 17.7. The van der Waals surface area contributed by atoms with Crippen LogP contribution in [0.5, 0.6) is 0 Å². The van der Waals surface area contributed by atoms with E-state index >= 15 is 0 Å². The summed E-state index contributed by atoms with van der Waals surface area (Å²) in [5.41, 5.74) is 2.90. The van der Waals surface area contributed by atoms with Gasteiger partial charge in [-0.15, -0.1) is 0 Å². The van der Waals surface area contributed by atoms with Crippen LogP contribution in [0.15, 0.2) is 91.0 Å². The fraction of sp³-hybridized carbons (Fsp3) is 0.375. The molecule has 0 bridgehead atoms. The topological polar surface area (TPSA) is 47.9 Å². The van der Waals surface area contributed by atoms with Crippen LogP contribution < -0.4 is 0 Å². The molecule has 4 nitrogen and oxygen atoms in total. The highest BCUT2D eigenvalue weighted by molar-refractivity contribution is 6.74. The van der Waals surface area contributed by atoms with Gasteiger partial charge in [-0.25, -0.2) is 0 Å². The minimum Gasteiger partial charge on any atom is -0.414 e. The Balaban J connectivity index is 1.87. The Labute approximate surface area is 223 Å². The van der Waals surface area contributed by atoms with Crippen molar-refractivity contribution < 1.29 is 19.0 Å². The molecule has 3 atom stereocenters. The number of aliphatic hydroxyl groups excluding tert-OH is 1. The van der Waals surface area contributed by atoms with Gasteiger partial charge in [0.2, 0.25) is 0 Å². The van der Waals surface area contributed by atoms with E-state index in [1.54, 1.807) is 0 Å². The average molecular weight is 517 g/mol. The lowest BCUT2D eigenvalue weighted by Gasteiger charge is -2.38. The van der Waals surface area contributed by atoms with Gasteiger partial charge in [0.25, 0.3) is 0 Å². The molecule has 0 aromatic heterocycles. The van der Waals surface area contributed by atoms with E-state index in [9.17, 15) is 5.11 Å². The summed E-state index contributed by atoms with van der Waals surface area (Å²) in [6, 6.07) is 29.6.